The average molecular weight is 427 g/mol. The first-order valence-electron chi connectivity index (χ1n) is 6.45. The Morgan fingerprint density at radius 1 is 1.33 bits per heavy atom. The molecular weight excluding hydrogens is 408 g/mol. The second-order valence-corrected chi connectivity index (χ2v) is 7.06. The zero-order valence-corrected chi connectivity index (χ0v) is 15.0. The monoisotopic (exact) mass is 427 g/mol. The highest BCUT2D eigenvalue weighted by molar-refractivity contribution is 14.1. The molecule has 0 heterocycles. The van der Waals surface area contributed by atoms with Crippen molar-refractivity contribution in [1.29, 1.82) is 0 Å². The van der Waals surface area contributed by atoms with Gasteiger partial charge in [-0.1, -0.05) is 30.3 Å². The van der Waals surface area contributed by atoms with E-state index in [0.29, 0.717) is 6.42 Å². The van der Waals surface area contributed by atoms with E-state index in [0.717, 1.165) is 5.56 Å². The van der Waals surface area contributed by atoms with E-state index >= 15 is 0 Å². The van der Waals surface area contributed by atoms with Crippen molar-refractivity contribution in [3.63, 3.8) is 0 Å². The lowest BCUT2D eigenvalue weighted by Crippen LogP contribution is -2.36. The van der Waals surface area contributed by atoms with Crippen LogP contribution < -0.4 is 5.32 Å². The number of carbonyl (C=O) groups is 1. The molecule has 0 saturated carbocycles. The summed E-state index contributed by atoms with van der Waals surface area (Å²) in [7, 11) is -3.53. The van der Waals surface area contributed by atoms with Gasteiger partial charge in [0.15, 0.2) is 6.79 Å². The number of nitrogens with one attached hydrogen (secondary N) is 1. The van der Waals surface area contributed by atoms with E-state index in [1.165, 1.54) is 6.92 Å². The number of amides is 1. The van der Waals surface area contributed by atoms with Crippen molar-refractivity contribution in [3.8, 4) is 0 Å². The van der Waals surface area contributed by atoms with Gasteiger partial charge in [0.25, 0.3) is 0 Å². The molecule has 118 valence electrons. The van der Waals surface area contributed by atoms with Crippen molar-refractivity contribution in [2.75, 3.05) is 13.4 Å². The van der Waals surface area contributed by atoms with E-state index < -0.39 is 13.4 Å². The molecule has 1 rings (SSSR count). The van der Waals surface area contributed by atoms with Crippen LogP contribution in [0.3, 0.4) is 0 Å². The highest BCUT2D eigenvalue weighted by Gasteiger charge is 2.36. The normalized spacial score (nSPS) is 15.2. The molecule has 0 saturated heterocycles. The molecule has 2 atom stereocenters. The van der Waals surface area contributed by atoms with Crippen LogP contribution in [0.15, 0.2) is 30.3 Å². The zero-order chi connectivity index (χ0) is 15.7. The first-order chi connectivity index (χ1) is 10.0. The third-order valence-electron chi connectivity index (χ3n) is 2.61. The topological polar surface area (TPSA) is 73.9 Å². The Hall–Kier alpha value is -0.470. The molecule has 0 radical (unpaired) electrons. The van der Waals surface area contributed by atoms with Gasteiger partial charge in [-0.25, -0.2) is 0 Å². The maximum Gasteiger partial charge on any atom is 0.355 e. The number of hydrogen-bond donors (Lipinski definition) is 1. The van der Waals surface area contributed by atoms with Gasteiger partial charge in [0, 0.05) is 13.3 Å². The fraction of sp³-hybridized carbons (Fsp3) is 0.462. The predicted octanol–water partition coefficient (Wildman–Crippen LogP) is 3.26. The van der Waals surface area contributed by atoms with E-state index in [-0.39, 0.29) is 19.3 Å². The SMILES string of the molecule is CCOP(=O)(OCOI)[C@H](Cc1ccccc1)NC(C)=O. The van der Waals surface area contributed by atoms with Crippen molar-refractivity contribution >= 4 is 36.5 Å². The number of rotatable bonds is 9. The lowest BCUT2D eigenvalue weighted by atomic mass is 10.1. The molecule has 0 bridgehead atoms. The average Bonchev–Trinajstić information content (AvgIpc) is 2.45. The van der Waals surface area contributed by atoms with E-state index in [1.54, 1.807) is 29.9 Å². The Morgan fingerprint density at radius 3 is 2.52 bits per heavy atom. The van der Waals surface area contributed by atoms with Crippen LogP contribution in [-0.2, 0) is 27.9 Å². The summed E-state index contributed by atoms with van der Waals surface area (Å²) in [6, 6.07) is 9.42. The molecule has 0 aliphatic carbocycles. The molecule has 0 fully saturated rings. The minimum absolute atomic E-state index is 0.178. The van der Waals surface area contributed by atoms with Crippen LogP contribution in [-0.4, -0.2) is 25.1 Å². The highest BCUT2D eigenvalue weighted by Crippen LogP contribution is 2.53. The highest BCUT2D eigenvalue weighted by atomic mass is 127. The fourth-order valence-corrected chi connectivity index (χ4v) is 3.90. The van der Waals surface area contributed by atoms with E-state index in [2.05, 4.69) is 5.32 Å². The largest absolute Gasteiger partial charge is 0.355 e. The zero-order valence-electron chi connectivity index (χ0n) is 12.0. The molecule has 8 heteroatoms. The number of halogens is 1. The van der Waals surface area contributed by atoms with Gasteiger partial charge in [0.05, 0.1) is 6.61 Å². The molecule has 1 aromatic rings. The molecule has 1 unspecified atom stereocenters. The van der Waals surface area contributed by atoms with Gasteiger partial charge in [-0.3, -0.25) is 16.9 Å². The molecule has 0 aromatic heterocycles. The summed E-state index contributed by atoms with van der Waals surface area (Å²) in [6.45, 7) is 3.11. The van der Waals surface area contributed by atoms with Gasteiger partial charge in [-0.15, -0.1) is 0 Å². The van der Waals surface area contributed by atoms with Gasteiger partial charge < -0.3 is 9.84 Å². The van der Waals surface area contributed by atoms with Gasteiger partial charge in [0.1, 0.15) is 28.8 Å². The number of carbonyl (C=O) groups excluding carboxylic acids is 1. The molecule has 1 aromatic carbocycles. The lowest BCUT2D eigenvalue weighted by Gasteiger charge is -2.26. The van der Waals surface area contributed by atoms with Crippen LogP contribution in [0.4, 0.5) is 0 Å². The molecule has 0 aliphatic heterocycles. The second-order valence-electron chi connectivity index (χ2n) is 4.22. The predicted molar refractivity (Wildman–Crippen MR) is 88.0 cm³/mol. The Kier molecular flexibility index (Phi) is 8.43. The molecule has 1 amide bonds. The molecule has 0 aliphatic rings. The summed E-state index contributed by atoms with van der Waals surface area (Å²) < 4.78 is 28.2. The summed E-state index contributed by atoms with van der Waals surface area (Å²) in [5.41, 5.74) is 0.926. The molecule has 0 spiro atoms. The van der Waals surface area contributed by atoms with Crippen LogP contribution in [0.25, 0.3) is 0 Å². The third-order valence-corrected chi connectivity index (χ3v) is 5.02. The molecule has 6 nitrogen and oxygen atoms in total. The summed E-state index contributed by atoms with van der Waals surface area (Å²) in [5.74, 6) is -1.06. The Bertz CT molecular complexity index is 485. The van der Waals surface area contributed by atoms with E-state index in [9.17, 15) is 9.36 Å². The second kappa shape index (κ2) is 9.53. The third kappa shape index (κ3) is 6.44. The summed E-state index contributed by atoms with van der Waals surface area (Å²) in [4.78, 5) is 11.4. The first-order valence-corrected chi connectivity index (χ1v) is 8.94. The summed E-state index contributed by atoms with van der Waals surface area (Å²) in [6.07, 6.45) is 0.346. The van der Waals surface area contributed by atoms with E-state index in [4.69, 9.17) is 12.1 Å². The van der Waals surface area contributed by atoms with Crippen LogP contribution in [0.2, 0.25) is 0 Å². The summed E-state index contributed by atoms with van der Waals surface area (Å²) in [5, 5.41) is 2.65. The van der Waals surface area contributed by atoms with Crippen LogP contribution in [0, 0.1) is 0 Å². The van der Waals surface area contributed by atoms with Gasteiger partial charge in [-0.05, 0) is 12.5 Å². The van der Waals surface area contributed by atoms with Crippen molar-refractivity contribution in [2.45, 2.75) is 26.1 Å². The van der Waals surface area contributed by atoms with Crippen molar-refractivity contribution in [2.24, 2.45) is 0 Å². The molecular formula is C13H19INO5P. The van der Waals surface area contributed by atoms with Crippen molar-refractivity contribution < 1.29 is 21.5 Å². The van der Waals surface area contributed by atoms with Crippen LogP contribution in [0.5, 0.6) is 0 Å². The van der Waals surface area contributed by atoms with Crippen LogP contribution >= 0.6 is 30.6 Å². The fourth-order valence-electron chi connectivity index (χ4n) is 1.80. The number of hydrogen-bond acceptors (Lipinski definition) is 5. The smallest absolute Gasteiger partial charge is 0.342 e. The maximum atomic E-state index is 12.9. The Balaban J connectivity index is 2.96. The van der Waals surface area contributed by atoms with Crippen molar-refractivity contribution in [3.05, 3.63) is 35.9 Å². The minimum atomic E-state index is -3.53. The first kappa shape index (κ1) is 18.6. The van der Waals surface area contributed by atoms with Gasteiger partial charge >= 0.3 is 7.60 Å². The summed E-state index contributed by atoms with van der Waals surface area (Å²) >= 11 is 1.64. The maximum absolute atomic E-state index is 12.9. The van der Waals surface area contributed by atoms with Crippen molar-refractivity contribution in [1.82, 2.24) is 5.32 Å². The standard InChI is InChI=1S/C13H19INO5P/c1-3-19-21(17,20-10-18-14)13(15-11(2)16)9-12-7-5-4-6-8-12/h4-8,13H,3,9-10H2,1-2H3,(H,15,16)/t13-,21?/m1/s1. The molecule has 1 N–H and O–H groups in total. The Labute approximate surface area is 138 Å². The lowest BCUT2D eigenvalue weighted by molar-refractivity contribution is -0.119. The number of benzene rings is 1. The quantitative estimate of drug-likeness (QED) is 0.372. The van der Waals surface area contributed by atoms with Crippen LogP contribution in [0.1, 0.15) is 19.4 Å². The minimum Gasteiger partial charge on any atom is -0.342 e. The van der Waals surface area contributed by atoms with Gasteiger partial charge in [0.2, 0.25) is 5.91 Å². The Morgan fingerprint density at radius 2 is 2.00 bits per heavy atom. The van der Waals surface area contributed by atoms with Gasteiger partial charge in [-0.2, -0.15) is 0 Å². The van der Waals surface area contributed by atoms with E-state index in [1.807, 2.05) is 30.3 Å². The molecule has 21 heavy (non-hydrogen) atoms.